The molecular formula is C16H16BrClN2O. The summed E-state index contributed by atoms with van der Waals surface area (Å²) in [4.78, 5) is 12.3. The SMILES string of the molecule is C[C@@H](c1ccccc1)[C@H](N)C(=O)Nc1ccc(Br)cc1Cl. The normalized spacial score (nSPS) is 13.5. The standard InChI is InChI=1S/C16H16BrClN2O/c1-10(11-5-3-2-4-6-11)15(19)16(21)20-14-8-7-12(17)9-13(14)18/h2-10,15H,19H2,1H3,(H,20,21)/t10-,15-/m0/s1. The lowest BCUT2D eigenvalue weighted by Crippen LogP contribution is -2.39. The molecule has 0 saturated carbocycles. The molecule has 0 heterocycles. The van der Waals surface area contributed by atoms with Crippen molar-refractivity contribution in [1.82, 2.24) is 0 Å². The Morgan fingerprint density at radius 2 is 1.90 bits per heavy atom. The van der Waals surface area contributed by atoms with Crippen LogP contribution >= 0.6 is 27.5 Å². The number of nitrogens with one attached hydrogen (secondary N) is 1. The Labute approximate surface area is 137 Å². The number of anilines is 1. The van der Waals surface area contributed by atoms with E-state index in [4.69, 9.17) is 17.3 Å². The molecule has 0 aliphatic carbocycles. The molecule has 0 aliphatic heterocycles. The lowest BCUT2D eigenvalue weighted by molar-refractivity contribution is -0.117. The van der Waals surface area contributed by atoms with E-state index in [1.54, 1.807) is 12.1 Å². The number of nitrogens with two attached hydrogens (primary N) is 1. The first kappa shape index (κ1) is 16.0. The fourth-order valence-electron chi connectivity index (χ4n) is 2.00. The van der Waals surface area contributed by atoms with Crippen LogP contribution in [0.3, 0.4) is 0 Å². The van der Waals surface area contributed by atoms with Crippen molar-refractivity contribution in [3.63, 3.8) is 0 Å². The summed E-state index contributed by atoms with van der Waals surface area (Å²) in [6, 6.07) is 14.4. The van der Waals surface area contributed by atoms with E-state index in [1.165, 1.54) is 0 Å². The van der Waals surface area contributed by atoms with Crippen molar-refractivity contribution in [2.24, 2.45) is 5.73 Å². The molecule has 0 aliphatic rings. The summed E-state index contributed by atoms with van der Waals surface area (Å²) >= 11 is 9.41. The molecule has 0 spiro atoms. The van der Waals surface area contributed by atoms with Gasteiger partial charge in [-0.2, -0.15) is 0 Å². The molecule has 2 aromatic rings. The molecule has 1 amide bonds. The summed E-state index contributed by atoms with van der Waals surface area (Å²) in [6.45, 7) is 1.93. The first-order chi connectivity index (χ1) is 9.99. The third-order valence-electron chi connectivity index (χ3n) is 3.36. The van der Waals surface area contributed by atoms with Crippen molar-refractivity contribution in [3.8, 4) is 0 Å². The van der Waals surface area contributed by atoms with Gasteiger partial charge in [0.15, 0.2) is 0 Å². The van der Waals surface area contributed by atoms with Crippen LogP contribution in [0, 0.1) is 0 Å². The summed E-state index contributed by atoms with van der Waals surface area (Å²) < 4.78 is 0.854. The molecule has 0 saturated heterocycles. The Balaban J connectivity index is 2.09. The van der Waals surface area contributed by atoms with E-state index in [1.807, 2.05) is 43.3 Å². The molecule has 3 N–H and O–H groups in total. The first-order valence-corrected chi connectivity index (χ1v) is 7.72. The molecule has 2 atom stereocenters. The summed E-state index contributed by atoms with van der Waals surface area (Å²) in [5.74, 6) is -0.337. The highest BCUT2D eigenvalue weighted by molar-refractivity contribution is 9.10. The zero-order valence-electron chi connectivity index (χ0n) is 11.5. The maximum absolute atomic E-state index is 12.3. The fourth-order valence-corrected chi connectivity index (χ4v) is 2.72. The average Bonchev–Trinajstić information content (AvgIpc) is 2.49. The number of carbonyl (C=O) groups is 1. The third kappa shape index (κ3) is 4.06. The van der Waals surface area contributed by atoms with Gasteiger partial charge in [-0.05, 0) is 23.8 Å². The lowest BCUT2D eigenvalue weighted by Gasteiger charge is -2.20. The van der Waals surface area contributed by atoms with Gasteiger partial charge in [0.25, 0.3) is 0 Å². The van der Waals surface area contributed by atoms with Crippen molar-refractivity contribution in [3.05, 3.63) is 63.6 Å². The van der Waals surface area contributed by atoms with Gasteiger partial charge in [0, 0.05) is 10.4 Å². The maximum atomic E-state index is 12.3. The van der Waals surface area contributed by atoms with Gasteiger partial charge in [-0.3, -0.25) is 4.79 Å². The third-order valence-corrected chi connectivity index (χ3v) is 4.16. The minimum atomic E-state index is -0.646. The highest BCUT2D eigenvalue weighted by Crippen LogP contribution is 2.26. The Hall–Kier alpha value is -1.36. The van der Waals surface area contributed by atoms with Crippen LogP contribution in [-0.4, -0.2) is 11.9 Å². The number of benzene rings is 2. The van der Waals surface area contributed by atoms with Crippen molar-refractivity contribution >= 4 is 39.1 Å². The van der Waals surface area contributed by atoms with Gasteiger partial charge in [-0.1, -0.05) is 64.8 Å². The number of carbonyl (C=O) groups excluding carboxylic acids is 1. The highest BCUT2D eigenvalue weighted by atomic mass is 79.9. The van der Waals surface area contributed by atoms with E-state index in [2.05, 4.69) is 21.2 Å². The number of rotatable bonds is 4. The molecule has 3 nitrogen and oxygen atoms in total. The molecule has 2 rings (SSSR count). The van der Waals surface area contributed by atoms with Crippen LogP contribution in [0.1, 0.15) is 18.4 Å². The number of amides is 1. The van der Waals surface area contributed by atoms with Crippen LogP contribution in [0.25, 0.3) is 0 Å². The molecule has 2 aromatic carbocycles. The second-order valence-corrected chi connectivity index (χ2v) is 6.16. The quantitative estimate of drug-likeness (QED) is 0.852. The van der Waals surface area contributed by atoms with Crippen LogP contribution in [0.5, 0.6) is 0 Å². The summed E-state index contributed by atoms with van der Waals surface area (Å²) in [6.07, 6.45) is 0. The molecule has 0 aromatic heterocycles. The van der Waals surface area contributed by atoms with Gasteiger partial charge in [-0.15, -0.1) is 0 Å². The molecule has 0 radical (unpaired) electrons. The average molecular weight is 368 g/mol. The Morgan fingerprint density at radius 1 is 1.24 bits per heavy atom. The zero-order valence-corrected chi connectivity index (χ0v) is 13.9. The minimum absolute atomic E-state index is 0.0829. The number of hydrogen-bond acceptors (Lipinski definition) is 2. The molecule has 5 heteroatoms. The van der Waals surface area contributed by atoms with Gasteiger partial charge >= 0.3 is 0 Å². The van der Waals surface area contributed by atoms with Crippen LogP contribution < -0.4 is 11.1 Å². The van der Waals surface area contributed by atoms with Crippen molar-refractivity contribution < 1.29 is 4.79 Å². The first-order valence-electron chi connectivity index (χ1n) is 6.55. The maximum Gasteiger partial charge on any atom is 0.241 e. The van der Waals surface area contributed by atoms with Gasteiger partial charge in [0.2, 0.25) is 5.91 Å². The summed E-state index contributed by atoms with van der Waals surface area (Å²) in [7, 11) is 0. The van der Waals surface area contributed by atoms with Crippen LogP contribution in [0.4, 0.5) is 5.69 Å². The van der Waals surface area contributed by atoms with E-state index in [0.717, 1.165) is 10.0 Å². The van der Waals surface area contributed by atoms with Crippen LogP contribution in [0.2, 0.25) is 5.02 Å². The molecular weight excluding hydrogens is 352 g/mol. The van der Waals surface area contributed by atoms with Crippen molar-refractivity contribution in [2.45, 2.75) is 18.9 Å². The van der Waals surface area contributed by atoms with E-state index in [0.29, 0.717) is 10.7 Å². The lowest BCUT2D eigenvalue weighted by atomic mass is 9.93. The molecule has 21 heavy (non-hydrogen) atoms. The monoisotopic (exact) mass is 366 g/mol. The fraction of sp³-hybridized carbons (Fsp3) is 0.188. The molecule has 110 valence electrons. The summed E-state index contributed by atoms with van der Waals surface area (Å²) in [5.41, 5.74) is 7.64. The highest BCUT2D eigenvalue weighted by Gasteiger charge is 2.22. The topological polar surface area (TPSA) is 55.1 Å². The summed E-state index contributed by atoms with van der Waals surface area (Å²) in [5, 5.41) is 3.24. The van der Waals surface area contributed by atoms with Gasteiger partial charge in [0.1, 0.15) is 0 Å². The number of halogens is 2. The molecule has 0 unspecified atom stereocenters. The van der Waals surface area contributed by atoms with E-state index in [-0.39, 0.29) is 11.8 Å². The Bertz CT molecular complexity index is 633. The largest absolute Gasteiger partial charge is 0.323 e. The smallest absolute Gasteiger partial charge is 0.241 e. The predicted octanol–water partition coefficient (Wildman–Crippen LogP) is 4.17. The minimum Gasteiger partial charge on any atom is -0.323 e. The van der Waals surface area contributed by atoms with E-state index < -0.39 is 6.04 Å². The Morgan fingerprint density at radius 3 is 2.52 bits per heavy atom. The van der Waals surface area contributed by atoms with Crippen LogP contribution in [-0.2, 0) is 4.79 Å². The molecule has 0 fully saturated rings. The predicted molar refractivity (Wildman–Crippen MR) is 90.6 cm³/mol. The number of hydrogen-bond donors (Lipinski definition) is 2. The zero-order chi connectivity index (χ0) is 15.4. The second kappa shape index (κ2) is 7.07. The van der Waals surface area contributed by atoms with Gasteiger partial charge in [-0.25, -0.2) is 0 Å². The van der Waals surface area contributed by atoms with Crippen LogP contribution in [0.15, 0.2) is 53.0 Å². The van der Waals surface area contributed by atoms with E-state index >= 15 is 0 Å². The Kier molecular flexibility index (Phi) is 5.39. The van der Waals surface area contributed by atoms with Gasteiger partial charge < -0.3 is 11.1 Å². The second-order valence-electron chi connectivity index (χ2n) is 4.84. The molecule has 0 bridgehead atoms. The van der Waals surface area contributed by atoms with Crippen molar-refractivity contribution in [1.29, 1.82) is 0 Å². The van der Waals surface area contributed by atoms with Gasteiger partial charge in [0.05, 0.1) is 16.8 Å². The van der Waals surface area contributed by atoms with E-state index in [9.17, 15) is 4.79 Å². The van der Waals surface area contributed by atoms with Crippen molar-refractivity contribution in [2.75, 3.05) is 5.32 Å².